The number of aromatic nitrogens is 2. The quantitative estimate of drug-likeness (QED) is 0.639. The number of thioether (sulfide) groups is 1. The van der Waals surface area contributed by atoms with Gasteiger partial charge in [-0.3, -0.25) is 4.79 Å². The Balaban J connectivity index is 1.92. The van der Waals surface area contributed by atoms with Crippen molar-refractivity contribution < 1.29 is 9.53 Å². The van der Waals surface area contributed by atoms with Gasteiger partial charge in [-0.1, -0.05) is 12.1 Å². The molecule has 2 N–H and O–H groups in total. The Labute approximate surface area is 141 Å². The second-order valence-corrected chi connectivity index (χ2v) is 5.99. The van der Waals surface area contributed by atoms with Crippen molar-refractivity contribution in [2.24, 2.45) is 0 Å². The van der Waals surface area contributed by atoms with Crippen molar-refractivity contribution in [3.8, 4) is 0 Å². The first-order chi connectivity index (χ1) is 11.3. The lowest BCUT2D eigenvalue weighted by Gasteiger charge is -2.10. The van der Waals surface area contributed by atoms with Crippen LogP contribution in [-0.4, -0.2) is 55.1 Å². The van der Waals surface area contributed by atoms with E-state index in [9.17, 15) is 4.79 Å². The highest BCUT2D eigenvalue weighted by Crippen LogP contribution is 2.18. The van der Waals surface area contributed by atoms with E-state index < -0.39 is 0 Å². The van der Waals surface area contributed by atoms with Gasteiger partial charge in [0.25, 0.3) is 0 Å². The molecular weight excluding hydrogens is 312 g/mol. The third-order valence-corrected chi connectivity index (χ3v) is 3.96. The Morgan fingerprint density at radius 3 is 2.91 bits per heavy atom. The number of imidazole rings is 1. The first-order valence-corrected chi connectivity index (χ1v) is 9.05. The van der Waals surface area contributed by atoms with Crippen molar-refractivity contribution in [3.63, 3.8) is 0 Å². The van der Waals surface area contributed by atoms with Crippen LogP contribution in [0.3, 0.4) is 0 Å². The van der Waals surface area contributed by atoms with Gasteiger partial charge in [-0.25, -0.2) is 4.98 Å². The minimum atomic E-state index is 0.00375. The van der Waals surface area contributed by atoms with Gasteiger partial charge in [0.05, 0.1) is 23.4 Å². The monoisotopic (exact) mass is 336 g/mol. The van der Waals surface area contributed by atoms with E-state index in [1.807, 2.05) is 35.1 Å². The molecule has 0 radical (unpaired) electrons. The van der Waals surface area contributed by atoms with E-state index in [0.717, 1.165) is 35.7 Å². The van der Waals surface area contributed by atoms with Gasteiger partial charge in [-0.2, -0.15) is 11.8 Å². The molecule has 1 heterocycles. The van der Waals surface area contributed by atoms with Gasteiger partial charge in [-0.15, -0.1) is 0 Å². The number of methoxy groups -OCH3 is 1. The van der Waals surface area contributed by atoms with Crippen molar-refractivity contribution in [1.29, 1.82) is 0 Å². The third-order valence-electron chi connectivity index (χ3n) is 3.42. The summed E-state index contributed by atoms with van der Waals surface area (Å²) in [4.78, 5) is 16.8. The van der Waals surface area contributed by atoms with Gasteiger partial charge in [0.15, 0.2) is 0 Å². The molecule has 126 valence electrons. The van der Waals surface area contributed by atoms with E-state index in [-0.39, 0.29) is 5.91 Å². The SMILES string of the molecule is COCCNCCNC(=O)Cn1c(CSC)nc2ccccc21. The number of hydrogen-bond donors (Lipinski definition) is 2. The maximum Gasteiger partial charge on any atom is 0.240 e. The summed E-state index contributed by atoms with van der Waals surface area (Å²) >= 11 is 1.70. The number of nitrogens with one attached hydrogen (secondary N) is 2. The highest BCUT2D eigenvalue weighted by molar-refractivity contribution is 7.97. The zero-order chi connectivity index (χ0) is 16.5. The number of rotatable bonds is 10. The highest BCUT2D eigenvalue weighted by atomic mass is 32.2. The molecule has 0 saturated carbocycles. The average molecular weight is 336 g/mol. The molecule has 0 aliphatic rings. The van der Waals surface area contributed by atoms with Crippen molar-refractivity contribution in [2.45, 2.75) is 12.3 Å². The lowest BCUT2D eigenvalue weighted by molar-refractivity contribution is -0.121. The first-order valence-electron chi connectivity index (χ1n) is 7.65. The molecule has 0 spiro atoms. The van der Waals surface area contributed by atoms with E-state index in [1.165, 1.54) is 0 Å². The van der Waals surface area contributed by atoms with E-state index in [4.69, 9.17) is 4.74 Å². The summed E-state index contributed by atoms with van der Waals surface area (Å²) in [5.74, 6) is 1.73. The molecule has 2 rings (SSSR count). The number of carbonyl (C=O) groups is 1. The number of amides is 1. The predicted octanol–water partition coefficient (Wildman–Crippen LogP) is 1.25. The Hall–Kier alpha value is -1.57. The largest absolute Gasteiger partial charge is 0.383 e. The van der Waals surface area contributed by atoms with E-state index in [0.29, 0.717) is 19.7 Å². The molecule has 23 heavy (non-hydrogen) atoms. The number of carbonyl (C=O) groups excluding carboxylic acids is 1. The van der Waals surface area contributed by atoms with Crippen LogP contribution in [0, 0.1) is 0 Å². The minimum Gasteiger partial charge on any atom is -0.383 e. The fraction of sp³-hybridized carbons (Fsp3) is 0.500. The molecule has 7 heteroatoms. The normalized spacial score (nSPS) is 11.0. The van der Waals surface area contributed by atoms with Crippen molar-refractivity contribution in [3.05, 3.63) is 30.1 Å². The maximum absolute atomic E-state index is 12.2. The first kappa shape index (κ1) is 17.8. The second kappa shape index (κ2) is 9.54. The Morgan fingerprint density at radius 2 is 2.13 bits per heavy atom. The smallest absolute Gasteiger partial charge is 0.240 e. The maximum atomic E-state index is 12.2. The van der Waals surface area contributed by atoms with Crippen LogP contribution in [0.5, 0.6) is 0 Å². The Morgan fingerprint density at radius 1 is 1.30 bits per heavy atom. The van der Waals surface area contributed by atoms with Crippen LogP contribution in [0.1, 0.15) is 5.82 Å². The van der Waals surface area contributed by atoms with Gasteiger partial charge < -0.3 is 19.9 Å². The molecule has 1 aromatic heterocycles. The number of ether oxygens (including phenoxy) is 1. The Bertz CT molecular complexity index is 630. The lowest BCUT2D eigenvalue weighted by atomic mass is 10.3. The zero-order valence-electron chi connectivity index (χ0n) is 13.7. The van der Waals surface area contributed by atoms with Crippen LogP contribution >= 0.6 is 11.8 Å². The van der Waals surface area contributed by atoms with Gasteiger partial charge in [0, 0.05) is 26.7 Å². The molecule has 0 saturated heterocycles. The topological polar surface area (TPSA) is 68.2 Å². The summed E-state index contributed by atoms with van der Waals surface area (Å²) in [5.41, 5.74) is 1.94. The summed E-state index contributed by atoms with van der Waals surface area (Å²) in [6.45, 7) is 3.10. The summed E-state index contributed by atoms with van der Waals surface area (Å²) < 4.78 is 6.95. The number of hydrogen-bond acceptors (Lipinski definition) is 5. The molecule has 0 aliphatic carbocycles. The van der Waals surface area contributed by atoms with E-state index >= 15 is 0 Å². The van der Waals surface area contributed by atoms with Gasteiger partial charge in [-0.05, 0) is 18.4 Å². The van der Waals surface area contributed by atoms with Crippen molar-refractivity contribution in [2.75, 3.05) is 39.6 Å². The van der Waals surface area contributed by atoms with Gasteiger partial charge in [0.2, 0.25) is 5.91 Å². The second-order valence-electron chi connectivity index (χ2n) is 5.13. The van der Waals surface area contributed by atoms with Crippen LogP contribution < -0.4 is 10.6 Å². The fourth-order valence-electron chi connectivity index (χ4n) is 2.33. The summed E-state index contributed by atoms with van der Waals surface area (Å²) in [5, 5.41) is 6.13. The van der Waals surface area contributed by atoms with Gasteiger partial charge in [0.1, 0.15) is 12.4 Å². The number of nitrogens with zero attached hydrogens (tertiary/aromatic N) is 2. The molecule has 0 fully saturated rings. The van der Waals surface area contributed by atoms with Crippen LogP contribution in [0.15, 0.2) is 24.3 Å². The third kappa shape index (κ3) is 5.23. The van der Waals surface area contributed by atoms with Crippen LogP contribution in [0.2, 0.25) is 0 Å². The lowest BCUT2D eigenvalue weighted by Crippen LogP contribution is -2.35. The number of fused-ring (bicyclic) bond motifs is 1. The number of para-hydroxylation sites is 2. The summed E-state index contributed by atoms with van der Waals surface area (Å²) in [6, 6.07) is 7.92. The highest BCUT2D eigenvalue weighted by Gasteiger charge is 2.12. The molecular formula is C16H24N4O2S. The minimum absolute atomic E-state index is 0.00375. The average Bonchev–Trinajstić information content (AvgIpc) is 2.89. The molecule has 0 bridgehead atoms. The van der Waals surface area contributed by atoms with Crippen LogP contribution in [0.4, 0.5) is 0 Å². The molecule has 0 unspecified atom stereocenters. The van der Waals surface area contributed by atoms with Crippen molar-refractivity contribution in [1.82, 2.24) is 20.2 Å². The molecule has 6 nitrogen and oxygen atoms in total. The zero-order valence-corrected chi connectivity index (χ0v) is 14.5. The van der Waals surface area contributed by atoms with E-state index in [2.05, 4.69) is 15.6 Å². The molecule has 2 aromatic rings. The predicted molar refractivity (Wildman–Crippen MR) is 94.7 cm³/mol. The standard InChI is InChI=1S/C16H24N4O2S/c1-22-10-9-17-7-8-18-16(21)11-20-14-6-4-3-5-13(14)19-15(20)12-23-2/h3-6,17H,7-12H2,1-2H3,(H,18,21). The molecule has 0 aliphatic heterocycles. The number of benzene rings is 1. The molecule has 1 amide bonds. The fourth-order valence-corrected chi connectivity index (χ4v) is 2.81. The summed E-state index contributed by atoms with van der Waals surface area (Å²) in [7, 11) is 1.67. The van der Waals surface area contributed by atoms with Crippen molar-refractivity contribution >= 4 is 28.7 Å². The van der Waals surface area contributed by atoms with Gasteiger partial charge >= 0.3 is 0 Å². The van der Waals surface area contributed by atoms with Crippen LogP contribution in [-0.2, 0) is 21.8 Å². The summed E-state index contributed by atoms with van der Waals surface area (Å²) in [6.07, 6.45) is 2.04. The Kier molecular flexibility index (Phi) is 7.38. The van der Waals surface area contributed by atoms with E-state index in [1.54, 1.807) is 18.9 Å². The molecule has 0 atom stereocenters. The molecule has 1 aromatic carbocycles. The van der Waals surface area contributed by atoms with Crippen LogP contribution in [0.25, 0.3) is 11.0 Å².